The highest BCUT2D eigenvalue weighted by Crippen LogP contribution is 2.24. The van der Waals surface area contributed by atoms with E-state index < -0.39 is 5.91 Å². The van der Waals surface area contributed by atoms with Gasteiger partial charge in [-0.05, 0) is 13.3 Å². The second-order valence-electron chi connectivity index (χ2n) is 2.83. The molecule has 1 rings (SSSR count). The summed E-state index contributed by atoms with van der Waals surface area (Å²) >= 11 is 0. The number of carbonyl (C=O) groups excluding carboxylic acids is 2. The topological polar surface area (TPSA) is 60.2 Å². The SMILES string of the molecule is CC1=C(CC(N)=O)C(=O)CC1. The van der Waals surface area contributed by atoms with Crippen molar-refractivity contribution in [1.82, 2.24) is 0 Å². The number of Topliss-reactive ketones (excluding diaryl/α,β-unsaturated/α-hetero) is 1. The highest BCUT2D eigenvalue weighted by molar-refractivity contribution is 6.02. The van der Waals surface area contributed by atoms with Gasteiger partial charge in [0.1, 0.15) is 0 Å². The van der Waals surface area contributed by atoms with Crippen molar-refractivity contribution in [3.05, 3.63) is 11.1 Å². The van der Waals surface area contributed by atoms with Gasteiger partial charge in [-0.1, -0.05) is 5.57 Å². The summed E-state index contributed by atoms with van der Waals surface area (Å²) in [5, 5.41) is 0. The van der Waals surface area contributed by atoms with Gasteiger partial charge in [0, 0.05) is 12.0 Å². The molecule has 2 N–H and O–H groups in total. The van der Waals surface area contributed by atoms with Crippen molar-refractivity contribution in [3.8, 4) is 0 Å². The predicted molar refractivity (Wildman–Crippen MR) is 40.8 cm³/mol. The number of hydrogen-bond acceptors (Lipinski definition) is 2. The van der Waals surface area contributed by atoms with Gasteiger partial charge in [-0.2, -0.15) is 0 Å². The Hall–Kier alpha value is -1.12. The molecule has 1 aliphatic carbocycles. The lowest BCUT2D eigenvalue weighted by Gasteiger charge is -1.96. The van der Waals surface area contributed by atoms with Gasteiger partial charge < -0.3 is 5.73 Å². The number of allylic oxidation sites excluding steroid dienone is 1. The average molecular weight is 153 g/mol. The van der Waals surface area contributed by atoms with Crippen LogP contribution in [-0.4, -0.2) is 11.7 Å². The second-order valence-corrected chi connectivity index (χ2v) is 2.83. The number of carbonyl (C=O) groups is 2. The van der Waals surface area contributed by atoms with E-state index in [0.717, 1.165) is 12.0 Å². The largest absolute Gasteiger partial charge is 0.369 e. The van der Waals surface area contributed by atoms with Gasteiger partial charge in [-0.25, -0.2) is 0 Å². The lowest BCUT2D eigenvalue weighted by Crippen LogP contribution is -2.13. The molecule has 11 heavy (non-hydrogen) atoms. The van der Waals surface area contributed by atoms with Crippen molar-refractivity contribution in [3.63, 3.8) is 0 Å². The maximum Gasteiger partial charge on any atom is 0.221 e. The van der Waals surface area contributed by atoms with Crippen molar-refractivity contribution in [2.24, 2.45) is 5.73 Å². The smallest absolute Gasteiger partial charge is 0.221 e. The van der Waals surface area contributed by atoms with Gasteiger partial charge >= 0.3 is 0 Å². The van der Waals surface area contributed by atoms with Crippen LogP contribution in [0.2, 0.25) is 0 Å². The Morgan fingerprint density at radius 2 is 2.18 bits per heavy atom. The summed E-state index contributed by atoms with van der Waals surface area (Å²) in [6, 6.07) is 0. The highest BCUT2D eigenvalue weighted by Gasteiger charge is 2.20. The maximum atomic E-state index is 11.1. The van der Waals surface area contributed by atoms with Crippen LogP contribution in [0.1, 0.15) is 26.2 Å². The van der Waals surface area contributed by atoms with Crippen LogP contribution in [0.25, 0.3) is 0 Å². The number of ketones is 1. The molecule has 0 radical (unpaired) electrons. The van der Waals surface area contributed by atoms with Crippen molar-refractivity contribution in [1.29, 1.82) is 0 Å². The first kappa shape index (κ1) is 7.98. The lowest BCUT2D eigenvalue weighted by molar-refractivity contribution is -0.120. The van der Waals surface area contributed by atoms with E-state index in [9.17, 15) is 9.59 Å². The zero-order chi connectivity index (χ0) is 8.43. The second kappa shape index (κ2) is 2.86. The molecule has 0 heterocycles. The molecule has 1 aliphatic rings. The Morgan fingerprint density at radius 1 is 1.55 bits per heavy atom. The molecule has 0 fully saturated rings. The van der Waals surface area contributed by atoms with Crippen molar-refractivity contribution < 1.29 is 9.59 Å². The molecule has 0 aromatic rings. The molecule has 0 aliphatic heterocycles. The molecular weight excluding hydrogens is 142 g/mol. The predicted octanol–water partition coefficient (Wildman–Crippen LogP) is 0.541. The summed E-state index contributed by atoms with van der Waals surface area (Å²) in [4.78, 5) is 21.5. The molecule has 0 saturated carbocycles. The molecule has 60 valence electrons. The summed E-state index contributed by atoms with van der Waals surface area (Å²) in [7, 11) is 0. The molecule has 3 heteroatoms. The Balaban J connectivity index is 2.75. The molecule has 0 saturated heterocycles. The quantitative estimate of drug-likeness (QED) is 0.629. The van der Waals surface area contributed by atoms with E-state index in [-0.39, 0.29) is 12.2 Å². The first-order valence-electron chi connectivity index (χ1n) is 3.61. The average Bonchev–Trinajstić information content (AvgIpc) is 2.18. The Kier molecular flexibility index (Phi) is 2.08. The minimum absolute atomic E-state index is 0.0845. The molecule has 0 unspecified atom stereocenters. The third-order valence-electron chi connectivity index (χ3n) is 1.93. The van der Waals surface area contributed by atoms with Gasteiger partial charge in [-0.15, -0.1) is 0 Å². The third-order valence-corrected chi connectivity index (χ3v) is 1.93. The van der Waals surface area contributed by atoms with E-state index in [2.05, 4.69) is 0 Å². The highest BCUT2D eigenvalue weighted by atomic mass is 16.1. The molecule has 1 amide bonds. The Morgan fingerprint density at radius 3 is 2.55 bits per heavy atom. The van der Waals surface area contributed by atoms with Gasteiger partial charge in [0.25, 0.3) is 0 Å². The van der Waals surface area contributed by atoms with Crippen LogP contribution >= 0.6 is 0 Å². The fourth-order valence-corrected chi connectivity index (χ4v) is 1.26. The molecule has 0 bridgehead atoms. The van der Waals surface area contributed by atoms with Crippen LogP contribution in [0.3, 0.4) is 0 Å². The Bertz CT molecular complexity index is 240. The van der Waals surface area contributed by atoms with E-state index in [1.54, 1.807) is 0 Å². The van der Waals surface area contributed by atoms with Gasteiger partial charge in [0.2, 0.25) is 5.91 Å². The van der Waals surface area contributed by atoms with Crippen molar-refractivity contribution in [2.75, 3.05) is 0 Å². The van der Waals surface area contributed by atoms with Crippen LogP contribution in [0, 0.1) is 0 Å². The summed E-state index contributed by atoms with van der Waals surface area (Å²) < 4.78 is 0. The molecular formula is C8H11NO2. The fourth-order valence-electron chi connectivity index (χ4n) is 1.26. The first-order chi connectivity index (χ1) is 5.11. The van der Waals surface area contributed by atoms with Gasteiger partial charge in [0.15, 0.2) is 5.78 Å². The van der Waals surface area contributed by atoms with Gasteiger partial charge in [-0.3, -0.25) is 9.59 Å². The first-order valence-corrected chi connectivity index (χ1v) is 3.61. The minimum atomic E-state index is -0.422. The summed E-state index contributed by atoms with van der Waals surface area (Å²) in [6.45, 7) is 1.88. The number of hydrogen-bond donors (Lipinski definition) is 1. The van der Waals surface area contributed by atoms with E-state index >= 15 is 0 Å². The molecule has 0 aromatic carbocycles. The van der Waals surface area contributed by atoms with Crippen LogP contribution in [0.5, 0.6) is 0 Å². The van der Waals surface area contributed by atoms with E-state index in [1.165, 1.54) is 0 Å². The molecule has 0 spiro atoms. The number of primary amides is 1. The summed E-state index contributed by atoms with van der Waals surface area (Å²) in [5.41, 5.74) is 6.63. The van der Waals surface area contributed by atoms with Crippen LogP contribution in [-0.2, 0) is 9.59 Å². The normalized spacial score (nSPS) is 17.7. The van der Waals surface area contributed by atoms with Crippen molar-refractivity contribution >= 4 is 11.7 Å². The van der Waals surface area contributed by atoms with E-state index in [4.69, 9.17) is 5.73 Å². The lowest BCUT2D eigenvalue weighted by atomic mass is 10.1. The van der Waals surface area contributed by atoms with E-state index in [0.29, 0.717) is 12.0 Å². The summed E-state index contributed by atoms with van der Waals surface area (Å²) in [6.07, 6.45) is 1.46. The zero-order valence-corrected chi connectivity index (χ0v) is 6.52. The van der Waals surface area contributed by atoms with Crippen molar-refractivity contribution in [2.45, 2.75) is 26.2 Å². The Labute approximate surface area is 65.3 Å². The zero-order valence-electron chi connectivity index (χ0n) is 6.52. The van der Waals surface area contributed by atoms with Crippen LogP contribution < -0.4 is 5.73 Å². The number of nitrogens with two attached hydrogens (primary N) is 1. The third kappa shape index (κ3) is 1.67. The number of rotatable bonds is 2. The fraction of sp³-hybridized carbons (Fsp3) is 0.500. The van der Waals surface area contributed by atoms with Gasteiger partial charge in [0.05, 0.1) is 6.42 Å². The minimum Gasteiger partial charge on any atom is -0.369 e. The molecule has 0 aromatic heterocycles. The molecule has 3 nitrogen and oxygen atoms in total. The van der Waals surface area contributed by atoms with E-state index in [1.807, 2.05) is 6.92 Å². The monoisotopic (exact) mass is 153 g/mol. The standard InChI is InChI=1S/C8H11NO2/c1-5-2-3-7(10)6(5)4-8(9)11/h2-4H2,1H3,(H2,9,11). The van der Waals surface area contributed by atoms with Crippen LogP contribution in [0.15, 0.2) is 11.1 Å². The number of amides is 1. The molecule has 0 atom stereocenters. The van der Waals surface area contributed by atoms with Crippen LogP contribution in [0.4, 0.5) is 0 Å². The maximum absolute atomic E-state index is 11.1. The summed E-state index contributed by atoms with van der Waals surface area (Å²) in [5.74, 6) is -0.337.